The number of benzene rings is 1. The Bertz CT molecular complexity index is 716. The van der Waals surface area contributed by atoms with Crippen molar-refractivity contribution in [3.8, 4) is 0 Å². The summed E-state index contributed by atoms with van der Waals surface area (Å²) in [4.78, 5) is 12.0. The molecule has 0 radical (unpaired) electrons. The molecule has 1 heterocycles. The fraction of sp³-hybridized carbons (Fsp3) is 0.385. The summed E-state index contributed by atoms with van der Waals surface area (Å²) in [5.74, 6) is 0.386. The van der Waals surface area contributed by atoms with Crippen molar-refractivity contribution in [1.82, 2.24) is 20.2 Å². The number of hydrogen-bond acceptors (Lipinski definition) is 5. The van der Waals surface area contributed by atoms with Crippen LogP contribution in [0.1, 0.15) is 24.7 Å². The fourth-order valence-electron chi connectivity index (χ4n) is 2.00. The van der Waals surface area contributed by atoms with E-state index in [1.54, 1.807) is 10.7 Å². The number of halogens is 1. The lowest BCUT2D eigenvalue weighted by Gasteiger charge is -2.07. The van der Waals surface area contributed by atoms with Gasteiger partial charge in [-0.1, -0.05) is 12.1 Å². The van der Waals surface area contributed by atoms with Crippen LogP contribution in [-0.2, 0) is 21.3 Å². The summed E-state index contributed by atoms with van der Waals surface area (Å²) >= 11 is 3.35. The summed E-state index contributed by atoms with van der Waals surface area (Å²) in [5.41, 5.74) is 0.660. The third kappa shape index (κ3) is 3.77. The first-order valence-electron chi connectivity index (χ1n) is 6.79. The number of tetrazole rings is 1. The van der Waals surface area contributed by atoms with Crippen LogP contribution >= 0.6 is 15.9 Å². The first-order valence-corrected chi connectivity index (χ1v) is 9.07. The van der Waals surface area contributed by atoms with E-state index in [0.717, 1.165) is 17.3 Å². The lowest BCUT2D eigenvalue weighted by molar-refractivity contribution is -0.113. The highest BCUT2D eigenvalue weighted by molar-refractivity contribution is 9.10. The Morgan fingerprint density at radius 3 is 2.91 bits per heavy atom. The Morgan fingerprint density at radius 1 is 1.41 bits per heavy atom. The number of amides is 1. The van der Waals surface area contributed by atoms with Crippen LogP contribution in [-0.4, -0.2) is 36.1 Å². The molecule has 1 amide bonds. The van der Waals surface area contributed by atoms with Gasteiger partial charge in [-0.05, 0) is 51.3 Å². The molecule has 1 fully saturated rings. The SMILES string of the molecule is O=C(CS(=O)Cc1nnnn1C1CC1)Nc1ccccc1Br. The number of nitrogens with zero attached hydrogens (tertiary/aromatic N) is 4. The second kappa shape index (κ2) is 6.66. The van der Waals surface area contributed by atoms with Crippen molar-refractivity contribution in [2.45, 2.75) is 24.6 Å². The molecule has 116 valence electrons. The van der Waals surface area contributed by atoms with Crippen molar-refractivity contribution in [2.75, 3.05) is 11.1 Å². The zero-order chi connectivity index (χ0) is 15.5. The zero-order valence-electron chi connectivity index (χ0n) is 11.6. The minimum Gasteiger partial charge on any atom is -0.324 e. The third-order valence-corrected chi connectivity index (χ3v) is 5.04. The van der Waals surface area contributed by atoms with Crippen LogP contribution in [0, 0.1) is 0 Å². The molecule has 0 bridgehead atoms. The predicted molar refractivity (Wildman–Crippen MR) is 85.6 cm³/mol. The second-order valence-corrected chi connectivity index (χ2v) is 7.34. The normalized spacial score (nSPS) is 15.5. The molecule has 2 aromatic rings. The van der Waals surface area contributed by atoms with Crippen LogP contribution in [0.25, 0.3) is 0 Å². The van der Waals surface area contributed by atoms with E-state index in [1.807, 2.05) is 18.2 Å². The maximum atomic E-state index is 12.1. The van der Waals surface area contributed by atoms with Crippen LogP contribution in [0.3, 0.4) is 0 Å². The van der Waals surface area contributed by atoms with Crippen molar-refractivity contribution in [1.29, 1.82) is 0 Å². The molecule has 1 saturated carbocycles. The molecule has 1 aromatic heterocycles. The number of anilines is 1. The number of rotatable bonds is 6. The van der Waals surface area contributed by atoms with E-state index in [9.17, 15) is 9.00 Å². The van der Waals surface area contributed by atoms with Crippen molar-refractivity contribution in [3.05, 3.63) is 34.6 Å². The number of hydrogen-bond donors (Lipinski definition) is 1. The van der Waals surface area contributed by atoms with Gasteiger partial charge in [-0.2, -0.15) is 0 Å². The van der Waals surface area contributed by atoms with Crippen molar-refractivity contribution < 1.29 is 9.00 Å². The Balaban J connectivity index is 1.56. The molecule has 0 aliphatic heterocycles. The van der Waals surface area contributed by atoms with Gasteiger partial charge in [0.2, 0.25) is 5.91 Å². The Morgan fingerprint density at radius 2 is 2.18 bits per heavy atom. The van der Waals surface area contributed by atoms with Gasteiger partial charge in [0.1, 0.15) is 5.75 Å². The van der Waals surface area contributed by atoms with Gasteiger partial charge >= 0.3 is 0 Å². The van der Waals surface area contributed by atoms with E-state index in [2.05, 4.69) is 36.8 Å². The average Bonchev–Trinajstić information content (AvgIpc) is 3.22. The zero-order valence-corrected chi connectivity index (χ0v) is 14.0. The van der Waals surface area contributed by atoms with E-state index in [4.69, 9.17) is 0 Å². The first kappa shape index (κ1) is 15.3. The molecule has 7 nitrogen and oxygen atoms in total. The van der Waals surface area contributed by atoms with Gasteiger partial charge in [0, 0.05) is 15.3 Å². The minimum atomic E-state index is -1.35. The molecule has 9 heteroatoms. The summed E-state index contributed by atoms with van der Waals surface area (Å²) in [6, 6.07) is 7.61. The highest BCUT2D eigenvalue weighted by Gasteiger charge is 2.28. The molecule has 0 spiro atoms. The summed E-state index contributed by atoms with van der Waals surface area (Å²) in [6.07, 6.45) is 2.10. The largest absolute Gasteiger partial charge is 0.324 e. The number of para-hydroxylation sites is 1. The molecule has 1 atom stereocenters. The van der Waals surface area contributed by atoms with Crippen LogP contribution < -0.4 is 5.32 Å². The monoisotopic (exact) mass is 383 g/mol. The molecule has 0 saturated heterocycles. The number of carbonyl (C=O) groups is 1. The molecule has 1 aliphatic rings. The van der Waals surface area contributed by atoms with Crippen LogP contribution in [0.5, 0.6) is 0 Å². The molecule has 1 aliphatic carbocycles. The van der Waals surface area contributed by atoms with E-state index in [1.165, 1.54) is 0 Å². The van der Waals surface area contributed by atoms with Crippen molar-refractivity contribution in [3.63, 3.8) is 0 Å². The summed E-state index contributed by atoms with van der Waals surface area (Å²) in [7, 11) is -1.35. The minimum absolute atomic E-state index is 0.0845. The lowest BCUT2D eigenvalue weighted by Crippen LogP contribution is -2.21. The van der Waals surface area contributed by atoms with E-state index in [-0.39, 0.29) is 17.4 Å². The first-order chi connectivity index (χ1) is 10.6. The van der Waals surface area contributed by atoms with Crippen LogP contribution in [0.2, 0.25) is 0 Å². The van der Waals surface area contributed by atoms with Crippen molar-refractivity contribution >= 4 is 38.3 Å². The molecule has 22 heavy (non-hydrogen) atoms. The van der Waals surface area contributed by atoms with Crippen molar-refractivity contribution in [2.24, 2.45) is 0 Å². The van der Waals surface area contributed by atoms with Gasteiger partial charge in [0.15, 0.2) is 5.82 Å². The lowest BCUT2D eigenvalue weighted by atomic mass is 10.3. The Labute approximate surface area is 138 Å². The van der Waals surface area contributed by atoms with E-state index < -0.39 is 10.8 Å². The number of nitrogens with one attached hydrogen (secondary N) is 1. The van der Waals surface area contributed by atoms with Gasteiger partial charge < -0.3 is 5.32 Å². The molecular formula is C13H14BrN5O2S. The topological polar surface area (TPSA) is 89.8 Å². The summed E-state index contributed by atoms with van der Waals surface area (Å²) < 4.78 is 14.6. The second-order valence-electron chi connectivity index (χ2n) is 5.03. The molecule has 1 N–H and O–H groups in total. The Hall–Kier alpha value is -1.61. The van der Waals surface area contributed by atoms with Crippen LogP contribution in [0.4, 0.5) is 5.69 Å². The van der Waals surface area contributed by atoms with E-state index >= 15 is 0 Å². The van der Waals surface area contributed by atoms with Gasteiger partial charge in [0.25, 0.3) is 0 Å². The summed E-state index contributed by atoms with van der Waals surface area (Å²) in [6.45, 7) is 0. The highest BCUT2D eigenvalue weighted by atomic mass is 79.9. The molecule has 3 rings (SSSR count). The molecular weight excluding hydrogens is 370 g/mol. The van der Waals surface area contributed by atoms with Gasteiger partial charge in [-0.25, -0.2) is 4.68 Å². The molecule has 1 unspecified atom stereocenters. The van der Waals surface area contributed by atoms with Gasteiger partial charge in [-0.15, -0.1) is 5.10 Å². The number of carbonyl (C=O) groups excluding carboxylic acids is 1. The third-order valence-electron chi connectivity index (χ3n) is 3.18. The number of aromatic nitrogens is 4. The van der Waals surface area contributed by atoms with Gasteiger partial charge in [-0.3, -0.25) is 9.00 Å². The maximum absolute atomic E-state index is 12.1. The smallest absolute Gasteiger partial charge is 0.237 e. The maximum Gasteiger partial charge on any atom is 0.237 e. The van der Waals surface area contributed by atoms with Crippen LogP contribution in [0.15, 0.2) is 28.7 Å². The standard InChI is InChI=1S/C13H14BrN5O2S/c14-10-3-1-2-4-11(10)15-13(20)8-22(21)7-12-16-17-18-19(12)9-5-6-9/h1-4,9H,5-8H2,(H,15,20). The Kier molecular flexibility index (Phi) is 4.63. The summed E-state index contributed by atoms with van der Waals surface area (Å²) in [5, 5.41) is 14.1. The predicted octanol–water partition coefficient (Wildman–Crippen LogP) is 1.66. The fourth-order valence-corrected chi connectivity index (χ4v) is 3.33. The van der Waals surface area contributed by atoms with Gasteiger partial charge in [0.05, 0.1) is 17.5 Å². The highest BCUT2D eigenvalue weighted by Crippen LogP contribution is 2.34. The molecule has 1 aromatic carbocycles. The average molecular weight is 384 g/mol. The quantitative estimate of drug-likeness (QED) is 0.818. The van der Waals surface area contributed by atoms with E-state index in [0.29, 0.717) is 17.6 Å².